The number of hydrogen-bond donors (Lipinski definition) is 1. The van der Waals surface area contributed by atoms with Crippen molar-refractivity contribution in [1.82, 2.24) is 4.90 Å². The SMILES string of the molecule is CCc1ccc(NC(=O)COC(=O)C(C(C)C)N2C(=O)c3c(I)c(I)c(I)c(I)c3C2=O)cc1. The summed E-state index contributed by atoms with van der Waals surface area (Å²) in [5.74, 6) is -2.75. The Bertz CT molecular complexity index is 1130. The first-order chi connectivity index (χ1) is 16.0. The molecule has 2 aromatic rings. The van der Waals surface area contributed by atoms with Crippen LogP contribution in [0.25, 0.3) is 0 Å². The van der Waals surface area contributed by atoms with Gasteiger partial charge in [0.25, 0.3) is 17.7 Å². The van der Waals surface area contributed by atoms with Gasteiger partial charge in [-0.2, -0.15) is 0 Å². The molecule has 1 unspecified atom stereocenters. The summed E-state index contributed by atoms with van der Waals surface area (Å²) in [6.07, 6.45) is 0.886. The number of benzene rings is 2. The average molecular weight is 912 g/mol. The largest absolute Gasteiger partial charge is 0.454 e. The molecule has 0 aliphatic carbocycles. The van der Waals surface area contributed by atoms with Gasteiger partial charge in [0.2, 0.25) is 0 Å². The number of nitrogens with one attached hydrogen (secondary N) is 1. The van der Waals surface area contributed by atoms with E-state index in [2.05, 4.69) is 95.7 Å². The van der Waals surface area contributed by atoms with Crippen LogP contribution in [0, 0.1) is 20.2 Å². The summed E-state index contributed by atoms with van der Waals surface area (Å²) in [5, 5.41) is 2.68. The lowest BCUT2D eigenvalue weighted by Crippen LogP contribution is -2.49. The van der Waals surface area contributed by atoms with E-state index in [1.807, 2.05) is 19.1 Å². The van der Waals surface area contributed by atoms with E-state index in [1.54, 1.807) is 26.0 Å². The van der Waals surface area contributed by atoms with Gasteiger partial charge < -0.3 is 10.1 Å². The van der Waals surface area contributed by atoms with Crippen LogP contribution in [0.4, 0.5) is 5.69 Å². The van der Waals surface area contributed by atoms with Crippen LogP contribution in [-0.2, 0) is 20.7 Å². The number of carbonyl (C=O) groups excluding carboxylic acids is 4. The minimum atomic E-state index is -1.15. The molecule has 7 nitrogen and oxygen atoms in total. The van der Waals surface area contributed by atoms with Crippen LogP contribution in [0.1, 0.15) is 47.1 Å². The van der Waals surface area contributed by atoms with Gasteiger partial charge in [0.05, 0.1) is 11.1 Å². The van der Waals surface area contributed by atoms with Crippen molar-refractivity contribution in [3.8, 4) is 0 Å². The van der Waals surface area contributed by atoms with Gasteiger partial charge in [-0.15, -0.1) is 0 Å². The van der Waals surface area contributed by atoms with Gasteiger partial charge >= 0.3 is 5.97 Å². The van der Waals surface area contributed by atoms with Crippen LogP contribution in [-0.4, -0.2) is 41.2 Å². The maximum absolute atomic E-state index is 13.3. The van der Waals surface area contributed by atoms with Gasteiger partial charge in [-0.1, -0.05) is 32.9 Å². The predicted molar refractivity (Wildman–Crippen MR) is 162 cm³/mol. The summed E-state index contributed by atoms with van der Waals surface area (Å²) in [4.78, 5) is 53.0. The molecule has 2 aromatic carbocycles. The smallest absolute Gasteiger partial charge is 0.330 e. The minimum Gasteiger partial charge on any atom is -0.454 e. The molecule has 34 heavy (non-hydrogen) atoms. The van der Waals surface area contributed by atoms with E-state index < -0.39 is 42.3 Å². The fourth-order valence-electron chi connectivity index (χ4n) is 3.54. The van der Waals surface area contributed by atoms with Crippen molar-refractivity contribution in [2.24, 2.45) is 5.92 Å². The zero-order valence-electron chi connectivity index (χ0n) is 18.4. The highest BCUT2D eigenvalue weighted by molar-refractivity contribution is 14.1. The second-order valence-electron chi connectivity index (χ2n) is 7.88. The van der Waals surface area contributed by atoms with E-state index in [1.165, 1.54) is 0 Å². The number of ether oxygens (including phenoxy) is 1. The third-order valence-corrected chi connectivity index (χ3v) is 12.7. The van der Waals surface area contributed by atoms with Crippen LogP contribution >= 0.6 is 90.4 Å². The molecule has 0 saturated carbocycles. The monoisotopic (exact) mass is 912 g/mol. The number of carbonyl (C=O) groups is 4. The van der Waals surface area contributed by atoms with E-state index in [0.717, 1.165) is 24.0 Å². The van der Waals surface area contributed by atoms with Crippen molar-refractivity contribution in [2.45, 2.75) is 33.2 Å². The molecule has 0 fully saturated rings. The highest BCUT2D eigenvalue weighted by Gasteiger charge is 2.47. The number of imide groups is 1. The maximum atomic E-state index is 13.3. The summed E-state index contributed by atoms with van der Waals surface area (Å²) >= 11 is 8.43. The number of fused-ring (bicyclic) bond motifs is 1. The Balaban J connectivity index is 1.78. The Labute approximate surface area is 252 Å². The van der Waals surface area contributed by atoms with Crippen LogP contribution in [0.3, 0.4) is 0 Å². The molecule has 180 valence electrons. The van der Waals surface area contributed by atoms with Crippen molar-refractivity contribution in [3.63, 3.8) is 0 Å². The average Bonchev–Trinajstić information content (AvgIpc) is 3.05. The highest BCUT2D eigenvalue weighted by Crippen LogP contribution is 2.39. The van der Waals surface area contributed by atoms with E-state index in [4.69, 9.17) is 4.74 Å². The number of nitrogens with zero attached hydrogens (tertiary/aromatic N) is 1. The Kier molecular flexibility index (Phi) is 9.61. The third-order valence-electron chi connectivity index (χ3n) is 5.28. The van der Waals surface area contributed by atoms with Crippen molar-refractivity contribution < 1.29 is 23.9 Å². The maximum Gasteiger partial charge on any atom is 0.330 e. The first-order valence-electron chi connectivity index (χ1n) is 10.3. The standard InChI is InChI=1S/C23H20I4N2O5/c1-4-11-5-7-12(8-6-11)28-13(30)9-34-23(33)20(10(2)3)29-21(31)14-15(22(29)32)17(25)19(27)18(26)16(14)24/h5-8,10,20H,4,9H2,1-3H3,(H,28,30). The lowest BCUT2D eigenvalue weighted by atomic mass is 10.0. The van der Waals surface area contributed by atoms with Crippen LogP contribution in [0.15, 0.2) is 24.3 Å². The van der Waals surface area contributed by atoms with Crippen LogP contribution in [0.5, 0.6) is 0 Å². The topological polar surface area (TPSA) is 92.8 Å². The Morgan fingerprint density at radius 1 is 0.912 bits per heavy atom. The lowest BCUT2D eigenvalue weighted by molar-refractivity contribution is -0.152. The lowest BCUT2D eigenvalue weighted by Gasteiger charge is -2.27. The number of rotatable bonds is 7. The molecule has 11 heteroatoms. The van der Waals surface area contributed by atoms with E-state index in [-0.39, 0.29) is 0 Å². The quantitative estimate of drug-likeness (QED) is 0.131. The molecular formula is C23H20I4N2O5. The van der Waals surface area contributed by atoms with Gasteiger partial charge in [0, 0.05) is 20.0 Å². The Morgan fingerprint density at radius 3 is 1.85 bits per heavy atom. The van der Waals surface area contributed by atoms with Gasteiger partial charge in [-0.05, 0) is 120 Å². The Hall–Kier alpha value is -0.560. The summed E-state index contributed by atoms with van der Waals surface area (Å²) < 4.78 is 8.40. The number of halogens is 4. The van der Waals surface area contributed by atoms with E-state index in [0.29, 0.717) is 24.0 Å². The summed E-state index contributed by atoms with van der Waals surface area (Å²) in [5.41, 5.74) is 2.35. The van der Waals surface area contributed by atoms with Crippen LogP contribution in [0.2, 0.25) is 0 Å². The Morgan fingerprint density at radius 2 is 1.41 bits per heavy atom. The number of anilines is 1. The third kappa shape index (κ3) is 5.55. The summed E-state index contributed by atoms with van der Waals surface area (Å²) in [7, 11) is 0. The summed E-state index contributed by atoms with van der Waals surface area (Å²) in [6.45, 7) is 4.98. The number of hydrogen-bond acceptors (Lipinski definition) is 5. The predicted octanol–water partition coefficient (Wildman–Crippen LogP) is 5.47. The molecule has 1 N–H and O–H groups in total. The van der Waals surface area contributed by atoms with Crippen molar-refractivity contribution in [2.75, 3.05) is 11.9 Å². The first kappa shape index (κ1) is 28.0. The molecule has 0 saturated heterocycles. The first-order valence-corrected chi connectivity index (χ1v) is 14.6. The molecule has 3 rings (SSSR count). The van der Waals surface area contributed by atoms with Gasteiger partial charge in [-0.25, -0.2) is 4.79 Å². The number of esters is 1. The van der Waals surface area contributed by atoms with E-state index >= 15 is 0 Å². The molecule has 0 spiro atoms. The minimum absolute atomic E-state index is 0.312. The zero-order chi connectivity index (χ0) is 25.3. The highest BCUT2D eigenvalue weighted by atomic mass is 127. The molecule has 1 heterocycles. The van der Waals surface area contributed by atoms with Crippen molar-refractivity contribution in [3.05, 3.63) is 55.2 Å². The number of aryl methyl sites for hydroxylation is 1. The van der Waals surface area contributed by atoms with Gasteiger partial charge in [-0.3, -0.25) is 19.3 Å². The fourth-order valence-corrected chi connectivity index (χ4v) is 7.19. The summed E-state index contributed by atoms with van der Waals surface area (Å²) in [6, 6.07) is 6.22. The molecule has 1 aliphatic heterocycles. The number of amides is 3. The van der Waals surface area contributed by atoms with Gasteiger partial charge in [0.1, 0.15) is 6.04 Å². The van der Waals surface area contributed by atoms with E-state index in [9.17, 15) is 19.2 Å². The fraction of sp³-hybridized carbons (Fsp3) is 0.304. The van der Waals surface area contributed by atoms with Crippen LogP contribution < -0.4 is 5.32 Å². The second-order valence-corrected chi connectivity index (χ2v) is 12.2. The molecule has 0 bridgehead atoms. The zero-order valence-corrected chi connectivity index (χ0v) is 27.0. The van der Waals surface area contributed by atoms with Crippen molar-refractivity contribution in [1.29, 1.82) is 0 Å². The normalized spacial score (nSPS) is 13.8. The molecule has 3 amide bonds. The molecule has 0 aromatic heterocycles. The molecule has 0 radical (unpaired) electrons. The van der Waals surface area contributed by atoms with Crippen molar-refractivity contribution >= 4 is 120 Å². The van der Waals surface area contributed by atoms with Gasteiger partial charge in [0.15, 0.2) is 6.61 Å². The second kappa shape index (κ2) is 11.7. The molecular weight excluding hydrogens is 892 g/mol. The molecule has 1 atom stereocenters. The molecule has 1 aliphatic rings.